The Morgan fingerprint density at radius 3 is 2.62 bits per heavy atom. The summed E-state index contributed by atoms with van der Waals surface area (Å²) in [5.74, 6) is -1.55. The molecule has 0 aromatic rings. The molecule has 3 heterocycles. The molecule has 1 spiro atoms. The van der Waals surface area contributed by atoms with Gasteiger partial charge in [-0.15, -0.1) is 24.9 Å². The first-order valence-corrected chi connectivity index (χ1v) is 13.3. The molecule has 5 atom stereocenters. The van der Waals surface area contributed by atoms with Crippen LogP contribution in [0.15, 0.2) is 25.3 Å². The summed E-state index contributed by atoms with van der Waals surface area (Å²) in [6.07, 6.45) is 7.68. The van der Waals surface area contributed by atoms with Crippen LogP contribution in [0.5, 0.6) is 0 Å². The Balaban J connectivity index is 1.96. The topological polar surface area (TPSA) is 87.2 Å². The van der Waals surface area contributed by atoms with E-state index in [2.05, 4.69) is 13.2 Å². The number of ether oxygens (including phenoxy) is 1. The zero-order chi connectivity index (χ0) is 25.1. The quantitative estimate of drug-likeness (QED) is 0.256. The van der Waals surface area contributed by atoms with Crippen LogP contribution in [0.4, 0.5) is 0 Å². The van der Waals surface area contributed by atoms with Gasteiger partial charge in [0, 0.05) is 30.5 Å². The van der Waals surface area contributed by atoms with E-state index in [1.165, 1.54) is 0 Å². The van der Waals surface area contributed by atoms with Crippen LogP contribution in [-0.4, -0.2) is 80.6 Å². The number of esters is 1. The highest BCUT2D eigenvalue weighted by Crippen LogP contribution is 2.66. The molecule has 1 N–H and O–H groups in total. The number of unbranched alkanes of at least 4 members (excludes halogenated alkanes) is 2. The van der Waals surface area contributed by atoms with Gasteiger partial charge in [0.1, 0.15) is 6.04 Å². The van der Waals surface area contributed by atoms with Crippen molar-refractivity contribution in [1.82, 2.24) is 9.80 Å². The molecule has 190 valence electrons. The second-order valence-corrected chi connectivity index (χ2v) is 12.1. The number of aliphatic hydroxyl groups is 1. The van der Waals surface area contributed by atoms with E-state index in [9.17, 15) is 14.4 Å². The number of hydrogen-bond donors (Lipinski definition) is 1. The molecular weight excluding hydrogens is 452 g/mol. The molecule has 3 fully saturated rings. The molecule has 0 aliphatic carbocycles. The van der Waals surface area contributed by atoms with Gasteiger partial charge in [0.05, 0.1) is 23.2 Å². The Kier molecular flexibility index (Phi) is 8.56. The minimum atomic E-state index is -0.612. The van der Waals surface area contributed by atoms with Gasteiger partial charge >= 0.3 is 5.97 Å². The summed E-state index contributed by atoms with van der Waals surface area (Å²) in [7, 11) is 0. The van der Waals surface area contributed by atoms with Gasteiger partial charge in [-0.25, -0.2) is 0 Å². The molecule has 2 unspecified atom stereocenters. The predicted molar refractivity (Wildman–Crippen MR) is 134 cm³/mol. The Hall–Kier alpha value is -1.80. The number of rotatable bonds is 12. The van der Waals surface area contributed by atoms with Crippen molar-refractivity contribution in [2.75, 3.05) is 26.3 Å². The number of carbonyl (C=O) groups excluding carboxylic acids is 3. The standard InChI is InChI=1S/C26H40N2O5S/c1-6-8-17-33-24(32)19-18-12-13-26(34-18)20(19)22(30)27(15-10-9-11-16-29)21(26)23(31)28(14-7-2)25(3,4)5/h6-7,18-21,29H,1-2,8-17H2,3-5H3/t18-,19+,20-,21?,26?/m0/s1. The molecule has 0 aromatic carbocycles. The van der Waals surface area contributed by atoms with E-state index in [1.807, 2.05) is 20.8 Å². The second-order valence-electron chi connectivity index (χ2n) is 10.5. The van der Waals surface area contributed by atoms with Crippen LogP contribution >= 0.6 is 11.8 Å². The van der Waals surface area contributed by atoms with Crippen LogP contribution in [0, 0.1) is 11.8 Å². The van der Waals surface area contributed by atoms with E-state index in [0.29, 0.717) is 32.4 Å². The van der Waals surface area contributed by atoms with E-state index in [0.717, 1.165) is 19.3 Å². The Bertz CT molecular complexity index is 810. The first-order chi connectivity index (χ1) is 16.1. The summed E-state index contributed by atoms with van der Waals surface area (Å²) in [5, 5.41) is 9.16. The lowest BCUT2D eigenvalue weighted by Gasteiger charge is -2.42. The molecule has 0 saturated carbocycles. The third-order valence-electron chi connectivity index (χ3n) is 7.32. The van der Waals surface area contributed by atoms with Crippen molar-refractivity contribution in [3.63, 3.8) is 0 Å². The number of carbonyl (C=O) groups is 3. The van der Waals surface area contributed by atoms with Crippen molar-refractivity contribution in [3.8, 4) is 0 Å². The van der Waals surface area contributed by atoms with Crippen molar-refractivity contribution >= 4 is 29.5 Å². The Morgan fingerprint density at radius 2 is 2.00 bits per heavy atom. The highest BCUT2D eigenvalue weighted by molar-refractivity contribution is 8.02. The third-order valence-corrected chi connectivity index (χ3v) is 9.27. The van der Waals surface area contributed by atoms with E-state index < -0.39 is 28.2 Å². The number of fused-ring (bicyclic) bond motifs is 1. The van der Waals surface area contributed by atoms with Gasteiger partial charge in [-0.1, -0.05) is 12.2 Å². The van der Waals surface area contributed by atoms with Crippen molar-refractivity contribution in [1.29, 1.82) is 0 Å². The van der Waals surface area contributed by atoms with Gasteiger partial charge in [0.15, 0.2) is 0 Å². The first kappa shape index (κ1) is 26.8. The van der Waals surface area contributed by atoms with Crippen molar-refractivity contribution < 1.29 is 24.2 Å². The van der Waals surface area contributed by atoms with E-state index in [-0.39, 0.29) is 36.2 Å². The average Bonchev–Trinajstić information content (AvgIpc) is 3.41. The third kappa shape index (κ3) is 4.81. The normalized spacial score (nSPS) is 29.8. The molecule has 2 bridgehead atoms. The van der Waals surface area contributed by atoms with Crippen LogP contribution in [0.25, 0.3) is 0 Å². The van der Waals surface area contributed by atoms with Crippen LogP contribution in [0.2, 0.25) is 0 Å². The number of amides is 2. The number of aliphatic hydroxyl groups excluding tert-OH is 1. The number of hydrogen-bond acceptors (Lipinski definition) is 6. The second kappa shape index (κ2) is 10.9. The van der Waals surface area contributed by atoms with Gasteiger partial charge in [-0.3, -0.25) is 14.4 Å². The first-order valence-electron chi connectivity index (χ1n) is 12.4. The molecule has 8 heteroatoms. The van der Waals surface area contributed by atoms with Gasteiger partial charge in [-0.05, 0) is 59.3 Å². The van der Waals surface area contributed by atoms with Crippen LogP contribution < -0.4 is 0 Å². The van der Waals surface area contributed by atoms with Gasteiger partial charge in [-0.2, -0.15) is 0 Å². The van der Waals surface area contributed by atoms with Gasteiger partial charge in [0.25, 0.3) is 0 Å². The van der Waals surface area contributed by atoms with Crippen LogP contribution in [0.3, 0.4) is 0 Å². The average molecular weight is 493 g/mol. The zero-order valence-corrected chi connectivity index (χ0v) is 21.6. The number of likely N-dealkylation sites (tertiary alicyclic amines) is 1. The molecule has 7 nitrogen and oxygen atoms in total. The Labute approximate surface area is 208 Å². The van der Waals surface area contributed by atoms with E-state index in [4.69, 9.17) is 9.84 Å². The summed E-state index contributed by atoms with van der Waals surface area (Å²) in [4.78, 5) is 44.7. The lowest BCUT2D eigenvalue weighted by atomic mass is 9.71. The van der Waals surface area contributed by atoms with Crippen LogP contribution in [0.1, 0.15) is 59.3 Å². The summed E-state index contributed by atoms with van der Waals surface area (Å²) in [5.41, 5.74) is -0.435. The maximum Gasteiger partial charge on any atom is 0.310 e. The van der Waals surface area contributed by atoms with Crippen molar-refractivity contribution in [2.24, 2.45) is 11.8 Å². The number of nitrogens with zero attached hydrogens (tertiary/aromatic N) is 2. The summed E-state index contributed by atoms with van der Waals surface area (Å²) < 4.78 is 4.92. The minimum Gasteiger partial charge on any atom is -0.465 e. The molecule has 3 saturated heterocycles. The van der Waals surface area contributed by atoms with Crippen molar-refractivity contribution in [3.05, 3.63) is 25.3 Å². The lowest BCUT2D eigenvalue weighted by Crippen LogP contribution is -2.58. The summed E-state index contributed by atoms with van der Waals surface area (Å²) >= 11 is 1.66. The summed E-state index contributed by atoms with van der Waals surface area (Å²) in [6, 6.07) is -0.612. The SMILES string of the molecule is C=CCCOC(=O)[C@@H]1[C@@H]2CCC3(S2)C(C(=O)N(CC=C)C(C)(C)C)N(CCCCCO)C(=O)[C@H]13. The molecule has 0 radical (unpaired) electrons. The van der Waals surface area contributed by atoms with Crippen molar-refractivity contribution in [2.45, 2.75) is 80.9 Å². The highest BCUT2D eigenvalue weighted by Gasteiger charge is 2.74. The lowest BCUT2D eigenvalue weighted by molar-refractivity contribution is -0.154. The fourth-order valence-electron chi connectivity index (χ4n) is 5.82. The van der Waals surface area contributed by atoms with Gasteiger partial charge < -0.3 is 19.6 Å². The molecule has 3 rings (SSSR count). The molecule has 0 aromatic heterocycles. The van der Waals surface area contributed by atoms with Crippen LogP contribution in [-0.2, 0) is 19.1 Å². The molecule has 3 aliphatic rings. The summed E-state index contributed by atoms with van der Waals surface area (Å²) in [6.45, 7) is 14.7. The smallest absolute Gasteiger partial charge is 0.310 e. The molecule has 2 amide bonds. The largest absolute Gasteiger partial charge is 0.465 e. The maximum absolute atomic E-state index is 14.1. The number of thioether (sulfide) groups is 1. The molecule has 3 aliphatic heterocycles. The zero-order valence-electron chi connectivity index (χ0n) is 20.8. The fourth-order valence-corrected chi connectivity index (χ4v) is 8.02. The predicted octanol–water partition coefficient (Wildman–Crippen LogP) is 3.17. The molecule has 34 heavy (non-hydrogen) atoms. The van der Waals surface area contributed by atoms with E-state index in [1.54, 1.807) is 33.7 Å². The molecular formula is C26H40N2O5S. The Morgan fingerprint density at radius 1 is 1.26 bits per heavy atom. The van der Waals surface area contributed by atoms with E-state index >= 15 is 0 Å². The highest BCUT2D eigenvalue weighted by atomic mass is 32.2. The fraction of sp³-hybridized carbons (Fsp3) is 0.731. The van der Waals surface area contributed by atoms with Gasteiger partial charge in [0.2, 0.25) is 11.8 Å². The maximum atomic E-state index is 14.1. The minimum absolute atomic E-state index is 0.000453. The monoisotopic (exact) mass is 492 g/mol.